The fourth-order valence-corrected chi connectivity index (χ4v) is 1.35. The summed E-state index contributed by atoms with van der Waals surface area (Å²) < 4.78 is 5.09. The molecule has 2 N–H and O–H groups in total. The Morgan fingerprint density at radius 3 is 2.64 bits per heavy atom. The Kier molecular flexibility index (Phi) is 4.86. The minimum absolute atomic E-state index is 0.0162. The Morgan fingerprint density at radius 2 is 2.14 bits per heavy atom. The number of hydrogen-bond acceptors (Lipinski definition) is 4. The molecular weight excluding hydrogens is 186 g/mol. The van der Waals surface area contributed by atoms with Gasteiger partial charge in [-0.2, -0.15) is 0 Å². The molecule has 0 bridgehead atoms. The van der Waals surface area contributed by atoms with Crippen LogP contribution in [0.5, 0.6) is 0 Å². The van der Waals surface area contributed by atoms with Gasteiger partial charge in [0.05, 0.1) is 26.4 Å². The van der Waals surface area contributed by atoms with Crippen LogP contribution in [-0.4, -0.2) is 60.0 Å². The molecule has 0 unspecified atom stereocenters. The summed E-state index contributed by atoms with van der Waals surface area (Å²) in [6.45, 7) is 1.56. The van der Waals surface area contributed by atoms with E-state index in [1.807, 2.05) is 4.90 Å². The van der Waals surface area contributed by atoms with E-state index in [1.165, 1.54) is 0 Å². The molecule has 0 atom stereocenters. The fourth-order valence-electron chi connectivity index (χ4n) is 1.35. The molecule has 0 heterocycles. The molecule has 1 aliphatic carbocycles. The molecule has 0 aromatic carbocycles. The number of ether oxygens (including phenoxy) is 1. The third-order valence-corrected chi connectivity index (χ3v) is 2.16. The normalized spacial score (nSPS) is 16.1. The molecule has 14 heavy (non-hydrogen) atoms. The van der Waals surface area contributed by atoms with Crippen molar-refractivity contribution in [2.75, 3.05) is 32.9 Å². The van der Waals surface area contributed by atoms with Crippen LogP contribution in [0.25, 0.3) is 0 Å². The minimum atomic E-state index is -0.793. The van der Waals surface area contributed by atoms with E-state index < -0.39 is 5.97 Å². The highest BCUT2D eigenvalue weighted by molar-refractivity contribution is 5.69. The summed E-state index contributed by atoms with van der Waals surface area (Å²) in [6.07, 6.45) is 2.18. The Morgan fingerprint density at radius 1 is 1.43 bits per heavy atom. The topological polar surface area (TPSA) is 70.0 Å². The molecule has 5 heteroatoms. The van der Waals surface area contributed by atoms with Gasteiger partial charge < -0.3 is 14.9 Å². The van der Waals surface area contributed by atoms with Crippen molar-refractivity contribution >= 4 is 5.97 Å². The number of rotatable bonds is 8. The number of carbonyl (C=O) groups is 1. The van der Waals surface area contributed by atoms with Crippen molar-refractivity contribution < 1.29 is 19.7 Å². The smallest absolute Gasteiger partial charge is 0.317 e. The van der Waals surface area contributed by atoms with E-state index in [9.17, 15) is 4.79 Å². The van der Waals surface area contributed by atoms with Crippen LogP contribution in [0, 0.1) is 0 Å². The number of hydrogen-bond donors (Lipinski definition) is 2. The van der Waals surface area contributed by atoms with Crippen molar-refractivity contribution in [3.8, 4) is 0 Å². The molecule has 0 radical (unpaired) electrons. The molecule has 1 aliphatic rings. The lowest BCUT2D eigenvalue weighted by Gasteiger charge is -2.19. The highest BCUT2D eigenvalue weighted by Crippen LogP contribution is 2.26. The predicted octanol–water partition coefficient (Wildman–Crippen LogP) is -0.456. The van der Waals surface area contributed by atoms with E-state index >= 15 is 0 Å². The molecule has 0 aromatic rings. The van der Waals surface area contributed by atoms with Crippen LogP contribution in [0.4, 0.5) is 0 Å². The van der Waals surface area contributed by atoms with E-state index in [1.54, 1.807) is 0 Å². The van der Waals surface area contributed by atoms with Crippen molar-refractivity contribution in [2.45, 2.75) is 18.9 Å². The highest BCUT2D eigenvalue weighted by atomic mass is 16.5. The maximum Gasteiger partial charge on any atom is 0.317 e. The average Bonchev–Trinajstić information content (AvgIpc) is 2.92. The van der Waals surface area contributed by atoms with Crippen LogP contribution in [0.1, 0.15) is 12.8 Å². The van der Waals surface area contributed by atoms with Gasteiger partial charge in [0.1, 0.15) is 0 Å². The van der Waals surface area contributed by atoms with Gasteiger partial charge in [-0.15, -0.1) is 0 Å². The summed E-state index contributed by atoms with van der Waals surface area (Å²) in [6, 6.07) is 0.434. The Bertz CT molecular complexity index is 182. The summed E-state index contributed by atoms with van der Waals surface area (Å²) in [7, 11) is 0. The molecule has 1 saturated carbocycles. The fraction of sp³-hybridized carbons (Fsp3) is 0.889. The molecule has 5 nitrogen and oxygen atoms in total. The summed E-state index contributed by atoms with van der Waals surface area (Å²) in [5.74, 6) is -0.793. The maximum atomic E-state index is 10.5. The standard InChI is InChI=1S/C9H17NO4/c11-4-6-14-5-3-10(7-9(12)13)8-1-2-8/h8,11H,1-7H2,(H,12,13). The molecular formula is C9H17NO4. The van der Waals surface area contributed by atoms with Gasteiger partial charge in [-0.3, -0.25) is 9.69 Å². The summed E-state index contributed by atoms with van der Waals surface area (Å²) in [5.41, 5.74) is 0. The number of aliphatic carboxylic acids is 1. The number of aliphatic hydroxyl groups excluding tert-OH is 1. The third-order valence-electron chi connectivity index (χ3n) is 2.16. The summed E-state index contributed by atoms with van der Waals surface area (Å²) in [4.78, 5) is 12.4. The van der Waals surface area contributed by atoms with Crippen molar-refractivity contribution in [3.05, 3.63) is 0 Å². The second kappa shape index (κ2) is 5.95. The van der Waals surface area contributed by atoms with Crippen LogP contribution >= 0.6 is 0 Å². The monoisotopic (exact) mass is 203 g/mol. The van der Waals surface area contributed by atoms with Gasteiger partial charge in [-0.05, 0) is 12.8 Å². The average molecular weight is 203 g/mol. The Balaban J connectivity index is 2.12. The quantitative estimate of drug-likeness (QED) is 0.523. The van der Waals surface area contributed by atoms with Crippen molar-refractivity contribution in [1.29, 1.82) is 0 Å². The zero-order valence-corrected chi connectivity index (χ0v) is 8.19. The van der Waals surface area contributed by atoms with Crippen LogP contribution in [0.3, 0.4) is 0 Å². The number of aliphatic hydroxyl groups is 1. The summed E-state index contributed by atoms with van der Waals surface area (Å²) in [5, 5.41) is 17.1. The largest absolute Gasteiger partial charge is 0.480 e. The molecule has 1 fully saturated rings. The van der Waals surface area contributed by atoms with E-state index in [0.717, 1.165) is 12.8 Å². The molecule has 0 aliphatic heterocycles. The van der Waals surface area contributed by atoms with Gasteiger partial charge >= 0.3 is 5.97 Å². The van der Waals surface area contributed by atoms with Gasteiger partial charge in [0, 0.05) is 12.6 Å². The second-order valence-electron chi connectivity index (χ2n) is 3.43. The zero-order chi connectivity index (χ0) is 10.4. The van der Waals surface area contributed by atoms with Crippen LogP contribution in [0.15, 0.2) is 0 Å². The van der Waals surface area contributed by atoms with Crippen LogP contribution in [-0.2, 0) is 9.53 Å². The molecule has 82 valence electrons. The zero-order valence-electron chi connectivity index (χ0n) is 8.19. The van der Waals surface area contributed by atoms with Crippen LogP contribution in [0.2, 0.25) is 0 Å². The first-order valence-corrected chi connectivity index (χ1v) is 4.88. The molecule has 1 rings (SSSR count). The number of nitrogens with zero attached hydrogens (tertiary/aromatic N) is 1. The van der Waals surface area contributed by atoms with Gasteiger partial charge in [-0.1, -0.05) is 0 Å². The Hall–Kier alpha value is -0.650. The van der Waals surface area contributed by atoms with Gasteiger partial charge in [0.2, 0.25) is 0 Å². The lowest BCUT2D eigenvalue weighted by Crippen LogP contribution is -2.34. The SMILES string of the molecule is O=C(O)CN(CCOCCO)C1CC1. The second-order valence-corrected chi connectivity index (χ2v) is 3.43. The van der Waals surface area contributed by atoms with Crippen molar-refractivity contribution in [1.82, 2.24) is 4.90 Å². The van der Waals surface area contributed by atoms with Crippen LogP contribution < -0.4 is 0 Å². The minimum Gasteiger partial charge on any atom is -0.480 e. The molecule has 0 aromatic heterocycles. The van der Waals surface area contributed by atoms with Gasteiger partial charge in [-0.25, -0.2) is 0 Å². The van der Waals surface area contributed by atoms with Crippen molar-refractivity contribution in [2.24, 2.45) is 0 Å². The lowest BCUT2D eigenvalue weighted by molar-refractivity contribution is -0.138. The van der Waals surface area contributed by atoms with E-state index in [4.69, 9.17) is 14.9 Å². The highest BCUT2D eigenvalue weighted by Gasteiger charge is 2.29. The van der Waals surface area contributed by atoms with E-state index in [2.05, 4.69) is 0 Å². The Labute approximate surface area is 83.3 Å². The molecule has 0 amide bonds. The third kappa shape index (κ3) is 4.55. The van der Waals surface area contributed by atoms with Crippen molar-refractivity contribution in [3.63, 3.8) is 0 Å². The predicted molar refractivity (Wildman–Crippen MR) is 50.1 cm³/mol. The van der Waals surface area contributed by atoms with E-state index in [0.29, 0.717) is 25.8 Å². The van der Waals surface area contributed by atoms with Gasteiger partial charge in [0.15, 0.2) is 0 Å². The first-order valence-electron chi connectivity index (χ1n) is 4.88. The molecule has 0 saturated heterocycles. The maximum absolute atomic E-state index is 10.5. The lowest BCUT2D eigenvalue weighted by atomic mass is 10.4. The molecule has 0 spiro atoms. The van der Waals surface area contributed by atoms with E-state index in [-0.39, 0.29) is 13.2 Å². The summed E-state index contributed by atoms with van der Waals surface area (Å²) >= 11 is 0. The number of carboxylic acids is 1. The first kappa shape index (κ1) is 11.4. The van der Waals surface area contributed by atoms with Gasteiger partial charge in [0.25, 0.3) is 0 Å². The first-order chi connectivity index (χ1) is 6.74. The number of carboxylic acid groups (broad SMARTS) is 1.